The van der Waals surface area contributed by atoms with Crippen LogP contribution in [0.2, 0.25) is 0 Å². The molecule has 0 bridgehead atoms. The van der Waals surface area contributed by atoms with Crippen LogP contribution >= 0.6 is 11.3 Å². The molecular weight excluding hydrogens is 398 g/mol. The molecule has 2 aromatic heterocycles. The van der Waals surface area contributed by atoms with E-state index in [0.717, 1.165) is 47.5 Å². The molecule has 2 heterocycles. The predicted octanol–water partition coefficient (Wildman–Crippen LogP) is 4.71. The van der Waals surface area contributed by atoms with Gasteiger partial charge in [0.2, 0.25) is 0 Å². The molecule has 0 saturated carbocycles. The third-order valence-electron chi connectivity index (χ3n) is 5.29. The number of carbonyl (C=O) groups excluding carboxylic acids is 1. The molecule has 0 aliphatic heterocycles. The van der Waals surface area contributed by atoms with Crippen LogP contribution in [0.3, 0.4) is 0 Å². The third-order valence-corrected chi connectivity index (χ3v) is 6.50. The van der Waals surface area contributed by atoms with Crippen LogP contribution in [0.25, 0.3) is 5.69 Å². The van der Waals surface area contributed by atoms with E-state index in [0.29, 0.717) is 23.6 Å². The number of fused-ring (bicyclic) bond motifs is 1. The Morgan fingerprint density at radius 3 is 2.67 bits per heavy atom. The van der Waals surface area contributed by atoms with E-state index in [1.54, 1.807) is 11.3 Å². The lowest BCUT2D eigenvalue weighted by atomic mass is 9.95. The number of nitrogens with one attached hydrogen (secondary N) is 1. The second kappa shape index (κ2) is 8.44. The Morgan fingerprint density at radius 1 is 1.20 bits per heavy atom. The first kappa shape index (κ1) is 20.3. The Hall–Kier alpha value is -2.93. The lowest BCUT2D eigenvalue weighted by molar-refractivity contribution is 0.0526. The van der Waals surface area contributed by atoms with E-state index in [1.165, 1.54) is 15.6 Å². The van der Waals surface area contributed by atoms with E-state index in [1.807, 2.05) is 45.0 Å². The molecule has 1 aliphatic rings. The number of hydrogen-bond donors (Lipinski definition) is 1. The molecule has 6 nitrogen and oxygen atoms in total. The molecule has 30 heavy (non-hydrogen) atoms. The van der Waals surface area contributed by atoms with Crippen molar-refractivity contribution in [3.63, 3.8) is 0 Å². The summed E-state index contributed by atoms with van der Waals surface area (Å²) in [6, 6.07) is 9.19. The minimum Gasteiger partial charge on any atom is -0.462 e. The lowest BCUT2D eigenvalue weighted by Gasteiger charge is -2.13. The molecule has 1 N–H and O–H groups in total. The van der Waals surface area contributed by atoms with Crippen LogP contribution < -0.4 is 10.9 Å². The number of carbonyl (C=O) groups is 1. The number of thiophene rings is 1. The first-order valence-electron chi connectivity index (χ1n) is 10.2. The van der Waals surface area contributed by atoms with Crippen molar-refractivity contribution < 1.29 is 9.53 Å². The van der Waals surface area contributed by atoms with E-state index in [9.17, 15) is 9.59 Å². The molecule has 0 radical (unpaired) electrons. The van der Waals surface area contributed by atoms with Crippen LogP contribution in [0, 0.1) is 13.8 Å². The SMILES string of the molecule is CCOC(=O)c1c(Nc2cc(=O)n(-c3ccc(C)cc3)nc2C)sc2c1CCCC2. The molecule has 4 rings (SSSR count). The number of rotatable bonds is 5. The summed E-state index contributed by atoms with van der Waals surface area (Å²) < 4.78 is 6.71. The molecule has 0 fully saturated rings. The van der Waals surface area contributed by atoms with Gasteiger partial charge in [0.1, 0.15) is 5.00 Å². The number of anilines is 2. The fourth-order valence-corrected chi connectivity index (χ4v) is 5.02. The predicted molar refractivity (Wildman–Crippen MR) is 120 cm³/mol. The van der Waals surface area contributed by atoms with Gasteiger partial charge >= 0.3 is 5.97 Å². The van der Waals surface area contributed by atoms with Gasteiger partial charge in [0.05, 0.1) is 29.2 Å². The Labute approximate surface area is 179 Å². The molecule has 156 valence electrons. The number of esters is 1. The largest absolute Gasteiger partial charge is 0.462 e. The first-order chi connectivity index (χ1) is 14.5. The summed E-state index contributed by atoms with van der Waals surface area (Å²) in [6.07, 6.45) is 4.05. The van der Waals surface area contributed by atoms with Crippen LogP contribution in [0.5, 0.6) is 0 Å². The van der Waals surface area contributed by atoms with E-state index in [2.05, 4.69) is 10.4 Å². The summed E-state index contributed by atoms with van der Waals surface area (Å²) >= 11 is 1.58. The van der Waals surface area contributed by atoms with Crippen molar-refractivity contribution >= 4 is 28.0 Å². The van der Waals surface area contributed by atoms with E-state index < -0.39 is 0 Å². The van der Waals surface area contributed by atoms with Crippen molar-refractivity contribution in [1.29, 1.82) is 0 Å². The van der Waals surface area contributed by atoms with Gasteiger partial charge in [-0.2, -0.15) is 9.78 Å². The Kier molecular flexibility index (Phi) is 5.72. The number of aromatic nitrogens is 2. The van der Waals surface area contributed by atoms with Gasteiger partial charge in [-0.25, -0.2) is 4.79 Å². The maximum absolute atomic E-state index is 12.8. The second-order valence-electron chi connectivity index (χ2n) is 7.49. The average Bonchev–Trinajstić information content (AvgIpc) is 3.09. The van der Waals surface area contributed by atoms with Crippen molar-refractivity contribution in [3.8, 4) is 5.69 Å². The summed E-state index contributed by atoms with van der Waals surface area (Å²) in [5.41, 5.74) is 4.59. The highest BCUT2D eigenvalue weighted by Crippen LogP contribution is 2.40. The quantitative estimate of drug-likeness (QED) is 0.602. The standard InChI is InChI=1S/C23H25N3O3S/c1-4-29-23(28)21-17-7-5-6-8-19(17)30-22(21)24-18-13-20(27)26(25-15(18)3)16-11-9-14(2)10-12-16/h9-13,24H,4-8H2,1-3H3. The van der Waals surface area contributed by atoms with Crippen LogP contribution in [-0.4, -0.2) is 22.4 Å². The number of hydrogen-bond acceptors (Lipinski definition) is 6. The number of benzene rings is 1. The highest BCUT2D eigenvalue weighted by atomic mass is 32.1. The van der Waals surface area contributed by atoms with E-state index in [4.69, 9.17) is 4.74 Å². The molecule has 7 heteroatoms. The summed E-state index contributed by atoms with van der Waals surface area (Å²) in [6.45, 7) is 5.99. The zero-order chi connectivity index (χ0) is 21.3. The highest BCUT2D eigenvalue weighted by Gasteiger charge is 2.27. The normalized spacial score (nSPS) is 13.0. The average molecular weight is 424 g/mol. The second-order valence-corrected chi connectivity index (χ2v) is 8.59. The maximum Gasteiger partial charge on any atom is 0.341 e. The van der Waals surface area contributed by atoms with E-state index >= 15 is 0 Å². The topological polar surface area (TPSA) is 73.2 Å². The Balaban J connectivity index is 1.72. The fraction of sp³-hybridized carbons (Fsp3) is 0.348. The van der Waals surface area contributed by atoms with Gasteiger partial charge in [-0.05, 0) is 64.2 Å². The number of nitrogens with zero attached hydrogens (tertiary/aromatic N) is 2. The number of aryl methyl sites for hydroxylation is 3. The lowest BCUT2D eigenvalue weighted by Crippen LogP contribution is -2.22. The zero-order valence-electron chi connectivity index (χ0n) is 17.4. The van der Waals surface area contributed by atoms with Gasteiger partial charge in [0, 0.05) is 10.9 Å². The summed E-state index contributed by atoms with van der Waals surface area (Å²) in [4.78, 5) is 26.7. The van der Waals surface area contributed by atoms with Gasteiger partial charge < -0.3 is 10.1 Å². The smallest absolute Gasteiger partial charge is 0.341 e. The van der Waals surface area contributed by atoms with Crippen LogP contribution in [0.15, 0.2) is 35.1 Å². The molecule has 0 unspecified atom stereocenters. The summed E-state index contributed by atoms with van der Waals surface area (Å²) in [7, 11) is 0. The summed E-state index contributed by atoms with van der Waals surface area (Å²) in [5.74, 6) is -0.307. The maximum atomic E-state index is 12.8. The van der Waals surface area contributed by atoms with Crippen LogP contribution in [0.4, 0.5) is 10.7 Å². The highest BCUT2D eigenvalue weighted by molar-refractivity contribution is 7.16. The third kappa shape index (κ3) is 3.89. The van der Waals surface area contributed by atoms with Crippen molar-refractivity contribution in [2.45, 2.75) is 46.5 Å². The molecule has 0 amide bonds. The first-order valence-corrected chi connectivity index (χ1v) is 11.1. The van der Waals surface area contributed by atoms with Crippen molar-refractivity contribution in [1.82, 2.24) is 9.78 Å². The van der Waals surface area contributed by atoms with Crippen molar-refractivity contribution in [3.05, 3.63) is 67.9 Å². The van der Waals surface area contributed by atoms with Gasteiger partial charge in [0.25, 0.3) is 5.56 Å². The molecule has 0 atom stereocenters. The Morgan fingerprint density at radius 2 is 1.93 bits per heavy atom. The molecule has 0 saturated heterocycles. The summed E-state index contributed by atoms with van der Waals surface area (Å²) in [5, 5.41) is 8.53. The van der Waals surface area contributed by atoms with Crippen molar-refractivity contribution in [2.24, 2.45) is 0 Å². The zero-order valence-corrected chi connectivity index (χ0v) is 18.3. The fourth-order valence-electron chi connectivity index (χ4n) is 3.74. The Bertz CT molecular complexity index is 1150. The van der Waals surface area contributed by atoms with E-state index in [-0.39, 0.29) is 11.5 Å². The molecule has 1 aromatic carbocycles. The van der Waals surface area contributed by atoms with Gasteiger partial charge in [-0.15, -0.1) is 11.3 Å². The minimum atomic E-state index is -0.307. The molecule has 3 aromatic rings. The number of ether oxygens (including phenoxy) is 1. The van der Waals surface area contributed by atoms with Gasteiger partial charge in [-0.1, -0.05) is 17.7 Å². The monoisotopic (exact) mass is 423 g/mol. The van der Waals surface area contributed by atoms with Crippen molar-refractivity contribution in [2.75, 3.05) is 11.9 Å². The molecule has 0 spiro atoms. The minimum absolute atomic E-state index is 0.231. The van der Waals surface area contributed by atoms with Gasteiger partial charge in [0.15, 0.2) is 0 Å². The van der Waals surface area contributed by atoms with Gasteiger partial charge in [-0.3, -0.25) is 4.79 Å². The van der Waals surface area contributed by atoms with Crippen LogP contribution in [-0.2, 0) is 17.6 Å². The molecular formula is C23H25N3O3S. The molecule has 1 aliphatic carbocycles. The van der Waals surface area contributed by atoms with Crippen LogP contribution in [0.1, 0.15) is 51.8 Å².